The summed E-state index contributed by atoms with van der Waals surface area (Å²) in [6.07, 6.45) is 0. The minimum atomic E-state index is -0.491. The highest BCUT2D eigenvalue weighted by molar-refractivity contribution is 6.00. The van der Waals surface area contributed by atoms with E-state index < -0.39 is 6.03 Å². The van der Waals surface area contributed by atoms with Crippen molar-refractivity contribution in [3.63, 3.8) is 0 Å². The van der Waals surface area contributed by atoms with Gasteiger partial charge in [0.2, 0.25) is 0 Å². The van der Waals surface area contributed by atoms with Crippen LogP contribution in [0.5, 0.6) is 0 Å². The first-order valence-electron chi connectivity index (χ1n) is 5.52. The predicted molar refractivity (Wildman–Crippen MR) is 70.2 cm³/mol. The number of nitrogens with one attached hydrogen (secondary N) is 2. The van der Waals surface area contributed by atoms with E-state index in [2.05, 4.69) is 10.6 Å². The number of carbonyl (C=O) groups excluding carboxylic acids is 1. The lowest BCUT2D eigenvalue weighted by atomic mass is 10.2. The van der Waals surface area contributed by atoms with E-state index in [9.17, 15) is 9.18 Å². The van der Waals surface area contributed by atoms with Crippen molar-refractivity contribution in [1.82, 2.24) is 0 Å². The topological polar surface area (TPSA) is 64.9 Å². The zero-order chi connectivity index (χ0) is 13.7. The van der Waals surface area contributed by atoms with Gasteiger partial charge in [-0.3, -0.25) is 0 Å². The summed E-state index contributed by atoms with van der Waals surface area (Å²) in [6, 6.07) is 13.5. The summed E-state index contributed by atoms with van der Waals surface area (Å²) in [5.41, 5.74) is 1.26. The Hall–Kier alpha value is -2.87. The fourth-order valence-electron chi connectivity index (χ4n) is 1.51. The summed E-state index contributed by atoms with van der Waals surface area (Å²) >= 11 is 0. The average molecular weight is 255 g/mol. The minimum Gasteiger partial charge on any atom is -0.308 e. The monoisotopic (exact) mass is 255 g/mol. The van der Waals surface area contributed by atoms with Crippen molar-refractivity contribution in [2.24, 2.45) is 0 Å². The number of nitriles is 1. The number of rotatable bonds is 2. The Labute approximate surface area is 109 Å². The largest absolute Gasteiger partial charge is 0.323 e. The van der Waals surface area contributed by atoms with E-state index in [1.165, 1.54) is 24.3 Å². The Morgan fingerprint density at radius 1 is 1.05 bits per heavy atom. The van der Waals surface area contributed by atoms with Crippen LogP contribution in [0.1, 0.15) is 5.56 Å². The zero-order valence-corrected chi connectivity index (χ0v) is 9.85. The van der Waals surface area contributed by atoms with Gasteiger partial charge in [-0.05, 0) is 36.4 Å². The molecule has 4 nitrogen and oxygen atoms in total. The number of anilines is 2. The van der Waals surface area contributed by atoms with Crippen molar-refractivity contribution in [2.45, 2.75) is 0 Å². The van der Waals surface area contributed by atoms with Crippen molar-refractivity contribution >= 4 is 17.4 Å². The quantitative estimate of drug-likeness (QED) is 0.864. The number of hydrogen-bond acceptors (Lipinski definition) is 2. The Morgan fingerprint density at radius 3 is 2.42 bits per heavy atom. The van der Waals surface area contributed by atoms with Gasteiger partial charge in [0.05, 0.1) is 11.3 Å². The summed E-state index contributed by atoms with van der Waals surface area (Å²) < 4.78 is 12.7. The molecule has 5 heteroatoms. The van der Waals surface area contributed by atoms with E-state index in [0.29, 0.717) is 16.9 Å². The van der Waals surface area contributed by atoms with Gasteiger partial charge < -0.3 is 10.6 Å². The fourth-order valence-corrected chi connectivity index (χ4v) is 1.51. The SMILES string of the molecule is N#Cc1ccccc1NC(=O)Nc1ccc(F)cc1. The molecule has 0 aromatic heterocycles. The van der Waals surface area contributed by atoms with Crippen LogP contribution in [0.15, 0.2) is 48.5 Å². The molecule has 2 aromatic carbocycles. The summed E-state index contributed by atoms with van der Waals surface area (Å²) in [6.45, 7) is 0. The molecule has 0 saturated carbocycles. The van der Waals surface area contributed by atoms with E-state index in [-0.39, 0.29) is 5.82 Å². The normalized spacial score (nSPS) is 9.47. The zero-order valence-electron chi connectivity index (χ0n) is 9.85. The number of hydrogen-bond donors (Lipinski definition) is 2. The maximum atomic E-state index is 12.7. The molecule has 0 fully saturated rings. The van der Waals surface area contributed by atoms with E-state index >= 15 is 0 Å². The number of benzene rings is 2. The smallest absolute Gasteiger partial charge is 0.308 e. The van der Waals surface area contributed by atoms with Crippen molar-refractivity contribution in [2.75, 3.05) is 10.6 Å². The molecule has 0 aliphatic heterocycles. The van der Waals surface area contributed by atoms with E-state index in [1.54, 1.807) is 24.3 Å². The van der Waals surface area contributed by atoms with Gasteiger partial charge in [-0.25, -0.2) is 9.18 Å². The van der Waals surface area contributed by atoms with Crippen LogP contribution in [0, 0.1) is 17.1 Å². The van der Waals surface area contributed by atoms with Gasteiger partial charge in [0, 0.05) is 5.69 Å². The lowest BCUT2D eigenvalue weighted by molar-refractivity contribution is 0.262. The van der Waals surface area contributed by atoms with Crippen LogP contribution in [-0.2, 0) is 0 Å². The van der Waals surface area contributed by atoms with E-state index in [4.69, 9.17) is 5.26 Å². The van der Waals surface area contributed by atoms with Crippen LogP contribution < -0.4 is 10.6 Å². The molecule has 94 valence electrons. The Morgan fingerprint density at radius 2 is 1.74 bits per heavy atom. The number of urea groups is 1. The van der Waals surface area contributed by atoms with Gasteiger partial charge in [0.25, 0.3) is 0 Å². The molecule has 0 saturated heterocycles. The molecule has 2 amide bonds. The van der Waals surface area contributed by atoms with Crippen molar-refractivity contribution < 1.29 is 9.18 Å². The summed E-state index contributed by atoms with van der Waals surface area (Å²) in [5.74, 6) is -0.374. The Balaban J connectivity index is 2.06. The maximum absolute atomic E-state index is 12.7. The first-order chi connectivity index (χ1) is 9.19. The second-order valence-corrected chi connectivity index (χ2v) is 3.74. The van der Waals surface area contributed by atoms with Gasteiger partial charge in [0.15, 0.2) is 0 Å². The second-order valence-electron chi connectivity index (χ2n) is 3.74. The molecule has 2 N–H and O–H groups in total. The Bertz CT molecular complexity index is 632. The minimum absolute atomic E-state index is 0.372. The van der Waals surface area contributed by atoms with Crippen LogP contribution in [0.2, 0.25) is 0 Å². The first kappa shape index (κ1) is 12.6. The van der Waals surface area contributed by atoms with E-state index in [1.807, 2.05) is 6.07 Å². The molecule has 0 heterocycles. The number of para-hydroxylation sites is 1. The highest BCUT2D eigenvalue weighted by Gasteiger charge is 2.06. The molecular weight excluding hydrogens is 245 g/mol. The third kappa shape index (κ3) is 3.30. The van der Waals surface area contributed by atoms with Crippen molar-refractivity contribution in [3.8, 4) is 6.07 Å². The Kier molecular flexibility index (Phi) is 3.74. The molecule has 0 aliphatic rings. The fraction of sp³-hybridized carbons (Fsp3) is 0. The summed E-state index contributed by atoms with van der Waals surface area (Å²) in [7, 11) is 0. The van der Waals surface area contributed by atoms with Crippen LogP contribution in [0.4, 0.5) is 20.6 Å². The molecule has 0 unspecified atom stereocenters. The molecule has 19 heavy (non-hydrogen) atoms. The lowest BCUT2D eigenvalue weighted by Crippen LogP contribution is -2.19. The number of amides is 2. The molecule has 0 radical (unpaired) electrons. The summed E-state index contributed by atoms with van der Waals surface area (Å²) in [4.78, 5) is 11.7. The third-order valence-corrected chi connectivity index (χ3v) is 2.40. The molecule has 0 atom stereocenters. The second kappa shape index (κ2) is 5.65. The van der Waals surface area contributed by atoms with Gasteiger partial charge >= 0.3 is 6.03 Å². The van der Waals surface area contributed by atoms with Crippen LogP contribution in [0.3, 0.4) is 0 Å². The highest BCUT2D eigenvalue weighted by atomic mass is 19.1. The van der Waals surface area contributed by atoms with E-state index in [0.717, 1.165) is 0 Å². The average Bonchev–Trinajstić information content (AvgIpc) is 2.42. The van der Waals surface area contributed by atoms with Crippen LogP contribution in [0.25, 0.3) is 0 Å². The third-order valence-electron chi connectivity index (χ3n) is 2.40. The predicted octanol–water partition coefficient (Wildman–Crippen LogP) is 3.34. The molecule has 2 aromatic rings. The van der Waals surface area contributed by atoms with Crippen molar-refractivity contribution in [3.05, 3.63) is 59.9 Å². The first-order valence-corrected chi connectivity index (χ1v) is 5.52. The standard InChI is InChI=1S/C14H10FN3O/c15-11-5-7-12(8-6-11)17-14(19)18-13-4-2-1-3-10(13)9-16/h1-8H,(H2,17,18,19). The van der Waals surface area contributed by atoms with Crippen LogP contribution in [-0.4, -0.2) is 6.03 Å². The van der Waals surface area contributed by atoms with Gasteiger partial charge in [-0.15, -0.1) is 0 Å². The van der Waals surface area contributed by atoms with Crippen molar-refractivity contribution in [1.29, 1.82) is 5.26 Å². The van der Waals surface area contributed by atoms with Gasteiger partial charge in [-0.1, -0.05) is 12.1 Å². The molecular formula is C14H10FN3O. The van der Waals surface area contributed by atoms with Gasteiger partial charge in [-0.2, -0.15) is 5.26 Å². The molecule has 0 aliphatic carbocycles. The summed E-state index contributed by atoms with van der Waals surface area (Å²) in [5, 5.41) is 14.0. The molecule has 0 bridgehead atoms. The van der Waals surface area contributed by atoms with Crippen LogP contribution >= 0.6 is 0 Å². The molecule has 2 rings (SSSR count). The highest BCUT2D eigenvalue weighted by Crippen LogP contribution is 2.14. The maximum Gasteiger partial charge on any atom is 0.323 e. The number of nitrogens with zero attached hydrogens (tertiary/aromatic N) is 1. The molecule has 0 spiro atoms. The van der Waals surface area contributed by atoms with Gasteiger partial charge in [0.1, 0.15) is 11.9 Å². The lowest BCUT2D eigenvalue weighted by Gasteiger charge is -2.08. The number of halogens is 1. The number of carbonyl (C=O) groups is 1.